The number of carbonyl (C=O) groups excluding carboxylic acids is 2. The molecule has 2 unspecified atom stereocenters. The zero-order valence-electron chi connectivity index (χ0n) is 9.66. The Kier molecular flexibility index (Phi) is 4.27. The second kappa shape index (κ2) is 5.26. The molecule has 1 aliphatic rings. The van der Waals surface area contributed by atoms with Crippen LogP contribution in [0.2, 0.25) is 0 Å². The van der Waals surface area contributed by atoms with Gasteiger partial charge in [-0.1, -0.05) is 0 Å². The lowest BCUT2D eigenvalue weighted by atomic mass is 9.94. The molecule has 1 heterocycles. The lowest BCUT2D eigenvalue weighted by Crippen LogP contribution is -2.46. The zero-order chi connectivity index (χ0) is 11.4. The number of rotatable bonds is 3. The van der Waals surface area contributed by atoms with Gasteiger partial charge in [0.1, 0.15) is 11.8 Å². The highest BCUT2D eigenvalue weighted by Gasteiger charge is 2.29. The average Bonchev–Trinajstić information content (AvgIpc) is 2.27. The van der Waals surface area contributed by atoms with E-state index in [1.54, 1.807) is 6.92 Å². The van der Waals surface area contributed by atoms with Crippen molar-refractivity contribution in [3.8, 4) is 0 Å². The number of nitrogens with zero attached hydrogens (tertiary/aromatic N) is 1. The second-order valence-electron chi connectivity index (χ2n) is 4.14. The fraction of sp³-hybridized carbons (Fsp3) is 0.818. The molecule has 0 aromatic carbocycles. The molecule has 1 fully saturated rings. The molecule has 0 N–H and O–H groups in total. The van der Waals surface area contributed by atoms with Crippen molar-refractivity contribution >= 4 is 11.8 Å². The summed E-state index contributed by atoms with van der Waals surface area (Å²) >= 11 is 0. The molecule has 1 aliphatic heterocycles. The standard InChI is InChI=1S/C11H19NO3/c1-8(11(14)15-3)12-6-4-5-10(7-12)9(2)13/h8,10H,4-7H2,1-3H3. The Labute approximate surface area is 90.6 Å². The van der Waals surface area contributed by atoms with E-state index in [0.717, 1.165) is 19.4 Å². The van der Waals surface area contributed by atoms with Crippen LogP contribution in [0.1, 0.15) is 26.7 Å². The van der Waals surface area contributed by atoms with Crippen molar-refractivity contribution in [3.63, 3.8) is 0 Å². The lowest BCUT2D eigenvalue weighted by molar-refractivity contribution is -0.147. The van der Waals surface area contributed by atoms with Crippen LogP contribution in [-0.2, 0) is 14.3 Å². The minimum atomic E-state index is -0.239. The van der Waals surface area contributed by atoms with Crippen molar-refractivity contribution in [2.75, 3.05) is 20.2 Å². The third-order valence-corrected chi connectivity index (χ3v) is 3.12. The zero-order valence-corrected chi connectivity index (χ0v) is 9.66. The summed E-state index contributed by atoms with van der Waals surface area (Å²) < 4.78 is 4.70. The molecule has 0 spiro atoms. The summed E-state index contributed by atoms with van der Waals surface area (Å²) in [6, 6.07) is -0.239. The number of ether oxygens (including phenoxy) is 1. The van der Waals surface area contributed by atoms with Gasteiger partial charge in [-0.3, -0.25) is 14.5 Å². The third kappa shape index (κ3) is 3.02. The highest BCUT2D eigenvalue weighted by molar-refractivity contribution is 5.79. The Morgan fingerprint density at radius 1 is 1.47 bits per heavy atom. The maximum absolute atomic E-state index is 11.3. The van der Waals surface area contributed by atoms with Crippen LogP contribution < -0.4 is 0 Å². The van der Waals surface area contributed by atoms with E-state index >= 15 is 0 Å². The van der Waals surface area contributed by atoms with Gasteiger partial charge in [0.15, 0.2) is 0 Å². The van der Waals surface area contributed by atoms with Crippen molar-refractivity contribution in [2.45, 2.75) is 32.7 Å². The summed E-state index contributed by atoms with van der Waals surface area (Å²) in [5.74, 6) is 0.0850. The number of ketones is 1. The number of hydrogen-bond acceptors (Lipinski definition) is 4. The minimum absolute atomic E-state index is 0.0888. The number of methoxy groups -OCH3 is 1. The Hall–Kier alpha value is -0.900. The monoisotopic (exact) mass is 213 g/mol. The Morgan fingerprint density at radius 2 is 2.13 bits per heavy atom. The Morgan fingerprint density at radius 3 is 2.67 bits per heavy atom. The van der Waals surface area contributed by atoms with Gasteiger partial charge in [0.25, 0.3) is 0 Å². The van der Waals surface area contributed by atoms with Crippen LogP contribution >= 0.6 is 0 Å². The fourth-order valence-electron chi connectivity index (χ4n) is 2.01. The van der Waals surface area contributed by atoms with Gasteiger partial charge in [0, 0.05) is 12.5 Å². The van der Waals surface area contributed by atoms with Crippen molar-refractivity contribution in [2.24, 2.45) is 5.92 Å². The van der Waals surface area contributed by atoms with Crippen molar-refractivity contribution in [1.82, 2.24) is 4.90 Å². The highest BCUT2D eigenvalue weighted by atomic mass is 16.5. The van der Waals surface area contributed by atoms with Crippen LogP contribution in [0.5, 0.6) is 0 Å². The molecule has 4 heteroatoms. The lowest BCUT2D eigenvalue weighted by Gasteiger charge is -2.34. The van der Waals surface area contributed by atoms with Crippen LogP contribution in [0, 0.1) is 5.92 Å². The van der Waals surface area contributed by atoms with Crippen LogP contribution in [0.15, 0.2) is 0 Å². The second-order valence-corrected chi connectivity index (χ2v) is 4.14. The van der Waals surface area contributed by atoms with E-state index in [0.29, 0.717) is 6.54 Å². The number of piperidine rings is 1. The van der Waals surface area contributed by atoms with Crippen LogP contribution in [0.4, 0.5) is 0 Å². The largest absolute Gasteiger partial charge is 0.468 e. The molecule has 1 rings (SSSR count). The van der Waals surface area contributed by atoms with Crippen LogP contribution in [-0.4, -0.2) is 42.9 Å². The molecular formula is C11H19NO3. The smallest absolute Gasteiger partial charge is 0.322 e. The molecule has 86 valence electrons. The molecule has 4 nitrogen and oxygen atoms in total. The molecule has 0 aromatic rings. The van der Waals surface area contributed by atoms with Gasteiger partial charge < -0.3 is 4.74 Å². The molecular weight excluding hydrogens is 194 g/mol. The molecule has 15 heavy (non-hydrogen) atoms. The molecule has 0 saturated carbocycles. The van der Waals surface area contributed by atoms with E-state index in [4.69, 9.17) is 4.74 Å². The van der Waals surface area contributed by atoms with Gasteiger partial charge in [-0.15, -0.1) is 0 Å². The van der Waals surface area contributed by atoms with E-state index in [9.17, 15) is 9.59 Å². The summed E-state index contributed by atoms with van der Waals surface area (Å²) in [4.78, 5) is 24.6. The predicted octanol–water partition coefficient (Wildman–Crippen LogP) is 0.849. The maximum atomic E-state index is 11.3. The van der Waals surface area contributed by atoms with Crippen molar-refractivity contribution in [3.05, 3.63) is 0 Å². The third-order valence-electron chi connectivity index (χ3n) is 3.12. The van der Waals surface area contributed by atoms with Crippen molar-refractivity contribution in [1.29, 1.82) is 0 Å². The number of hydrogen-bond donors (Lipinski definition) is 0. The normalized spacial score (nSPS) is 24.6. The first-order valence-electron chi connectivity index (χ1n) is 5.38. The Bertz CT molecular complexity index is 252. The summed E-state index contributed by atoms with van der Waals surface area (Å²) in [6.07, 6.45) is 1.92. The summed E-state index contributed by atoms with van der Waals surface area (Å²) in [5.41, 5.74) is 0. The molecule has 1 saturated heterocycles. The first-order valence-corrected chi connectivity index (χ1v) is 5.38. The quantitative estimate of drug-likeness (QED) is 0.652. The number of carbonyl (C=O) groups is 2. The number of likely N-dealkylation sites (tertiary alicyclic amines) is 1. The summed E-state index contributed by atoms with van der Waals surface area (Å²) in [6.45, 7) is 5.01. The molecule has 0 bridgehead atoms. The van der Waals surface area contributed by atoms with Crippen LogP contribution in [0.3, 0.4) is 0 Å². The van der Waals surface area contributed by atoms with E-state index in [-0.39, 0.29) is 23.7 Å². The SMILES string of the molecule is COC(=O)C(C)N1CCCC(C(C)=O)C1. The topological polar surface area (TPSA) is 46.6 Å². The average molecular weight is 213 g/mol. The molecule has 0 aliphatic carbocycles. The fourth-order valence-corrected chi connectivity index (χ4v) is 2.01. The van der Waals surface area contributed by atoms with Gasteiger partial charge in [0.05, 0.1) is 7.11 Å². The summed E-state index contributed by atoms with van der Waals surface area (Å²) in [5, 5.41) is 0. The van der Waals surface area contributed by atoms with Crippen molar-refractivity contribution < 1.29 is 14.3 Å². The molecule has 0 aromatic heterocycles. The maximum Gasteiger partial charge on any atom is 0.322 e. The van der Waals surface area contributed by atoms with E-state index in [1.165, 1.54) is 7.11 Å². The predicted molar refractivity (Wildman–Crippen MR) is 56.5 cm³/mol. The van der Waals surface area contributed by atoms with Gasteiger partial charge >= 0.3 is 5.97 Å². The highest BCUT2D eigenvalue weighted by Crippen LogP contribution is 2.19. The number of Topliss-reactive ketones (excluding diaryl/α,β-unsaturated/α-hetero) is 1. The minimum Gasteiger partial charge on any atom is -0.468 e. The number of esters is 1. The summed E-state index contributed by atoms with van der Waals surface area (Å²) in [7, 11) is 1.39. The van der Waals surface area contributed by atoms with Gasteiger partial charge in [-0.2, -0.15) is 0 Å². The van der Waals surface area contributed by atoms with Gasteiger partial charge in [0.2, 0.25) is 0 Å². The Balaban J connectivity index is 2.55. The van der Waals surface area contributed by atoms with E-state index in [1.807, 2.05) is 11.8 Å². The van der Waals surface area contributed by atoms with Gasteiger partial charge in [-0.05, 0) is 33.2 Å². The van der Waals surface area contributed by atoms with Crippen LogP contribution in [0.25, 0.3) is 0 Å². The first-order chi connectivity index (χ1) is 7.06. The molecule has 0 amide bonds. The molecule has 2 atom stereocenters. The molecule has 0 radical (unpaired) electrons. The van der Waals surface area contributed by atoms with E-state index < -0.39 is 0 Å². The first kappa shape index (κ1) is 12.2. The van der Waals surface area contributed by atoms with E-state index in [2.05, 4.69) is 0 Å². The van der Waals surface area contributed by atoms with Gasteiger partial charge in [-0.25, -0.2) is 0 Å².